The molecule has 31 heavy (non-hydrogen) atoms. The zero-order valence-electron chi connectivity index (χ0n) is 16.8. The number of anilines is 1. The number of hydrogen-bond donors (Lipinski definition) is 1. The van der Waals surface area contributed by atoms with Gasteiger partial charge in [0.25, 0.3) is 11.8 Å². The van der Waals surface area contributed by atoms with Gasteiger partial charge in [-0.15, -0.1) is 0 Å². The Morgan fingerprint density at radius 1 is 1.03 bits per heavy atom. The highest BCUT2D eigenvalue weighted by Crippen LogP contribution is 2.28. The predicted octanol–water partition coefficient (Wildman–Crippen LogP) is 5.12. The molecule has 1 heterocycles. The summed E-state index contributed by atoms with van der Waals surface area (Å²) in [5, 5.41) is 6.77. The normalized spacial score (nSPS) is 10.6. The summed E-state index contributed by atoms with van der Waals surface area (Å²) in [6.07, 6.45) is 0.941. The number of carbonyl (C=O) groups is 1. The van der Waals surface area contributed by atoms with E-state index < -0.39 is 0 Å². The van der Waals surface area contributed by atoms with Gasteiger partial charge < -0.3 is 14.6 Å². The molecule has 0 unspecified atom stereocenters. The molecular weight excluding hydrogens is 397 g/mol. The molecule has 0 atom stereocenters. The van der Waals surface area contributed by atoms with E-state index in [2.05, 4.69) is 22.4 Å². The molecule has 0 aliphatic heterocycles. The fourth-order valence-corrected chi connectivity index (χ4v) is 2.98. The Kier molecular flexibility index (Phi) is 6.03. The van der Waals surface area contributed by atoms with Crippen molar-refractivity contribution in [1.29, 1.82) is 0 Å². The highest BCUT2D eigenvalue weighted by Gasteiger charge is 2.15. The quantitative estimate of drug-likeness (QED) is 0.451. The second kappa shape index (κ2) is 9.21. The average molecular weight is 417 g/mol. The number of hydrogen-bond acceptors (Lipinski definition) is 5. The Morgan fingerprint density at radius 3 is 2.52 bits per heavy atom. The molecule has 4 rings (SSSR count). The van der Waals surface area contributed by atoms with E-state index in [4.69, 9.17) is 9.26 Å². The van der Waals surface area contributed by atoms with Gasteiger partial charge in [-0.2, -0.15) is 4.98 Å². The van der Waals surface area contributed by atoms with Crippen molar-refractivity contribution in [2.45, 2.75) is 13.3 Å². The van der Waals surface area contributed by atoms with E-state index in [1.165, 1.54) is 17.7 Å². The molecule has 0 radical (unpaired) electrons. The molecule has 1 amide bonds. The van der Waals surface area contributed by atoms with E-state index >= 15 is 0 Å². The Bertz CT molecular complexity index is 1170. The third-order valence-corrected chi connectivity index (χ3v) is 4.66. The van der Waals surface area contributed by atoms with Gasteiger partial charge in [0.2, 0.25) is 5.82 Å². The van der Waals surface area contributed by atoms with E-state index in [1.54, 1.807) is 36.4 Å². The van der Waals surface area contributed by atoms with Crippen LogP contribution in [0.2, 0.25) is 0 Å². The molecule has 0 saturated carbocycles. The fourth-order valence-electron chi connectivity index (χ4n) is 2.98. The Hall–Kier alpha value is -4.00. The Balaban J connectivity index is 1.46. The summed E-state index contributed by atoms with van der Waals surface area (Å²) in [4.78, 5) is 16.8. The van der Waals surface area contributed by atoms with Crippen molar-refractivity contribution < 1.29 is 18.4 Å². The predicted molar refractivity (Wildman–Crippen MR) is 115 cm³/mol. The lowest BCUT2D eigenvalue weighted by atomic mass is 10.1. The van der Waals surface area contributed by atoms with Crippen molar-refractivity contribution in [2.24, 2.45) is 0 Å². The zero-order chi connectivity index (χ0) is 21.6. The first-order valence-electron chi connectivity index (χ1n) is 9.83. The lowest BCUT2D eigenvalue weighted by molar-refractivity contribution is -0.118. The third kappa shape index (κ3) is 4.95. The first kappa shape index (κ1) is 20.3. The Morgan fingerprint density at radius 2 is 1.77 bits per heavy atom. The Labute approximate surface area is 178 Å². The maximum Gasteiger partial charge on any atom is 0.262 e. The summed E-state index contributed by atoms with van der Waals surface area (Å²) in [5.41, 5.74) is 2.92. The summed E-state index contributed by atoms with van der Waals surface area (Å²) < 4.78 is 24.1. The van der Waals surface area contributed by atoms with Crippen LogP contribution in [0.25, 0.3) is 22.8 Å². The van der Waals surface area contributed by atoms with Gasteiger partial charge in [0, 0.05) is 5.56 Å². The second-order valence-corrected chi connectivity index (χ2v) is 6.81. The number of benzene rings is 3. The van der Waals surface area contributed by atoms with Gasteiger partial charge in [0.05, 0.1) is 11.3 Å². The topological polar surface area (TPSA) is 77.2 Å². The number of nitrogens with one attached hydrogen (secondary N) is 1. The standard InChI is InChI=1S/C24H20FN3O3/c1-2-16-7-13-19(14-8-16)30-15-22(29)26-21-6-4-3-5-20(21)24-27-23(28-31-24)17-9-11-18(25)12-10-17/h3-14H,2,15H2,1H3,(H,26,29). The molecule has 1 N–H and O–H groups in total. The van der Waals surface area contributed by atoms with Crippen LogP contribution in [-0.2, 0) is 11.2 Å². The first-order chi connectivity index (χ1) is 15.1. The minimum absolute atomic E-state index is 0.134. The number of halogens is 1. The molecular formula is C24H20FN3O3. The molecule has 0 aliphatic carbocycles. The van der Waals surface area contributed by atoms with Crippen LogP contribution < -0.4 is 10.1 Å². The van der Waals surface area contributed by atoms with Crippen molar-refractivity contribution in [1.82, 2.24) is 10.1 Å². The molecule has 0 fully saturated rings. The summed E-state index contributed by atoms with van der Waals surface area (Å²) in [6, 6.07) is 20.5. The minimum atomic E-state index is -0.343. The molecule has 0 bridgehead atoms. The molecule has 0 saturated heterocycles. The SMILES string of the molecule is CCc1ccc(OCC(=O)Nc2ccccc2-c2nc(-c3ccc(F)cc3)no2)cc1. The minimum Gasteiger partial charge on any atom is -0.484 e. The van der Waals surface area contributed by atoms with Crippen molar-refractivity contribution >= 4 is 11.6 Å². The van der Waals surface area contributed by atoms with E-state index in [0.717, 1.165) is 6.42 Å². The average Bonchev–Trinajstić information content (AvgIpc) is 3.29. The molecule has 0 spiro atoms. The maximum atomic E-state index is 13.1. The van der Waals surface area contributed by atoms with Crippen molar-refractivity contribution in [2.75, 3.05) is 11.9 Å². The van der Waals surface area contributed by atoms with Crippen LogP contribution in [0, 0.1) is 5.82 Å². The summed E-state index contributed by atoms with van der Waals surface area (Å²) in [6.45, 7) is 1.94. The number of para-hydroxylation sites is 1. The first-order valence-corrected chi connectivity index (χ1v) is 9.83. The van der Waals surface area contributed by atoms with Crippen LogP contribution in [0.3, 0.4) is 0 Å². The largest absolute Gasteiger partial charge is 0.484 e. The van der Waals surface area contributed by atoms with Crippen LogP contribution in [0.15, 0.2) is 77.3 Å². The van der Waals surface area contributed by atoms with Crippen molar-refractivity contribution in [3.05, 3.63) is 84.2 Å². The number of amides is 1. The molecule has 7 heteroatoms. The van der Waals surface area contributed by atoms with Crippen LogP contribution in [0.5, 0.6) is 5.75 Å². The number of rotatable bonds is 7. The highest BCUT2D eigenvalue weighted by molar-refractivity contribution is 5.95. The summed E-state index contributed by atoms with van der Waals surface area (Å²) in [7, 11) is 0. The van der Waals surface area contributed by atoms with Crippen LogP contribution in [0.4, 0.5) is 10.1 Å². The van der Waals surface area contributed by atoms with Crippen LogP contribution in [0.1, 0.15) is 12.5 Å². The van der Waals surface area contributed by atoms with Gasteiger partial charge in [-0.3, -0.25) is 4.79 Å². The zero-order valence-corrected chi connectivity index (χ0v) is 16.8. The number of ether oxygens (including phenoxy) is 1. The molecule has 4 aromatic rings. The van der Waals surface area contributed by atoms with Gasteiger partial charge in [-0.25, -0.2) is 4.39 Å². The third-order valence-electron chi connectivity index (χ3n) is 4.66. The van der Waals surface area contributed by atoms with E-state index in [1.807, 2.05) is 24.3 Å². The maximum absolute atomic E-state index is 13.1. The van der Waals surface area contributed by atoms with E-state index in [-0.39, 0.29) is 24.2 Å². The molecule has 6 nitrogen and oxygen atoms in total. The molecule has 0 aliphatic rings. The summed E-state index contributed by atoms with van der Waals surface area (Å²) >= 11 is 0. The van der Waals surface area contributed by atoms with E-state index in [0.29, 0.717) is 28.4 Å². The second-order valence-electron chi connectivity index (χ2n) is 6.81. The fraction of sp³-hybridized carbons (Fsp3) is 0.125. The number of nitrogens with zero attached hydrogens (tertiary/aromatic N) is 2. The van der Waals surface area contributed by atoms with Gasteiger partial charge in [0.15, 0.2) is 6.61 Å². The van der Waals surface area contributed by atoms with Crippen molar-refractivity contribution in [3.63, 3.8) is 0 Å². The molecule has 1 aromatic heterocycles. The van der Waals surface area contributed by atoms with Gasteiger partial charge in [-0.05, 0) is 60.5 Å². The van der Waals surface area contributed by atoms with Crippen LogP contribution in [-0.4, -0.2) is 22.7 Å². The lowest BCUT2D eigenvalue weighted by Crippen LogP contribution is -2.20. The van der Waals surface area contributed by atoms with Gasteiger partial charge >= 0.3 is 0 Å². The van der Waals surface area contributed by atoms with Gasteiger partial charge in [0.1, 0.15) is 11.6 Å². The number of aryl methyl sites for hydroxylation is 1. The highest BCUT2D eigenvalue weighted by atomic mass is 19.1. The molecule has 156 valence electrons. The summed E-state index contributed by atoms with van der Waals surface area (Å²) in [5.74, 6) is 0.539. The van der Waals surface area contributed by atoms with Gasteiger partial charge in [-0.1, -0.05) is 36.3 Å². The lowest BCUT2D eigenvalue weighted by Gasteiger charge is -2.10. The van der Waals surface area contributed by atoms with E-state index in [9.17, 15) is 9.18 Å². The smallest absolute Gasteiger partial charge is 0.262 e. The van der Waals surface area contributed by atoms with Crippen molar-refractivity contribution in [3.8, 4) is 28.6 Å². The van der Waals surface area contributed by atoms with Crippen LogP contribution >= 0.6 is 0 Å². The number of carbonyl (C=O) groups excluding carboxylic acids is 1. The molecule has 3 aromatic carbocycles. The monoisotopic (exact) mass is 417 g/mol. The number of aromatic nitrogens is 2.